The third kappa shape index (κ3) is 4.00. The molecule has 0 N–H and O–H groups in total. The van der Waals surface area contributed by atoms with Gasteiger partial charge in [0.15, 0.2) is 46.5 Å². The maximum absolute atomic E-state index is 5.60. The number of rotatable bonds is 5. The van der Waals surface area contributed by atoms with Crippen LogP contribution in [0.3, 0.4) is 0 Å². The van der Waals surface area contributed by atoms with Gasteiger partial charge in [-0.2, -0.15) is 0 Å². The van der Waals surface area contributed by atoms with Crippen molar-refractivity contribution in [2.45, 2.75) is 0 Å². The molecule has 2 unspecified atom stereocenters. The quantitative estimate of drug-likeness (QED) is 0.775. The van der Waals surface area contributed by atoms with Crippen LogP contribution in [0, 0.1) is 0 Å². The molecule has 2 rings (SSSR count). The maximum atomic E-state index is 5.60. The van der Waals surface area contributed by atoms with E-state index in [1.54, 1.807) is 0 Å². The molecule has 4 heteroatoms. The third-order valence-electron chi connectivity index (χ3n) is 2.59. The molecular formula is C14H14P2S2+2. The lowest BCUT2D eigenvalue weighted by atomic mass is 10.4. The molecule has 0 aliphatic heterocycles. The van der Waals surface area contributed by atoms with Crippen LogP contribution in [-0.4, -0.2) is 12.3 Å². The molecule has 0 amide bonds. The molecule has 0 aliphatic rings. The minimum absolute atomic E-state index is 0.466. The zero-order valence-electron chi connectivity index (χ0n) is 9.90. The van der Waals surface area contributed by atoms with Crippen molar-refractivity contribution in [1.29, 1.82) is 0 Å². The minimum Gasteiger partial charge on any atom is -0.0619 e. The highest BCUT2D eigenvalue weighted by molar-refractivity contribution is 8.10. The van der Waals surface area contributed by atoms with E-state index in [0.717, 1.165) is 12.3 Å². The van der Waals surface area contributed by atoms with Gasteiger partial charge >= 0.3 is 0 Å². The Labute approximate surface area is 120 Å². The lowest BCUT2D eigenvalue weighted by Gasteiger charge is -1.91. The fourth-order valence-electron chi connectivity index (χ4n) is 1.63. The Hall–Kier alpha value is -0.520. The molecule has 2 atom stereocenters. The maximum Gasteiger partial charge on any atom is 0.216 e. The predicted octanol–water partition coefficient (Wildman–Crippen LogP) is 3.53. The lowest BCUT2D eigenvalue weighted by molar-refractivity contribution is 1.54. The Morgan fingerprint density at radius 2 is 0.944 bits per heavy atom. The standard InChI is InChI=1S/C14H14P2S2/c17-15(13-7-3-1-4-8-13)11-12-16(18)14-9-5-2-6-10-14/h1-10H,11-12H2/q+2. The van der Waals surface area contributed by atoms with Crippen molar-refractivity contribution in [3.63, 3.8) is 0 Å². The van der Waals surface area contributed by atoms with Crippen molar-refractivity contribution in [3.05, 3.63) is 60.7 Å². The molecule has 90 valence electrons. The second-order valence-electron chi connectivity index (χ2n) is 3.88. The summed E-state index contributed by atoms with van der Waals surface area (Å²) < 4.78 is 0. The van der Waals surface area contributed by atoms with E-state index in [2.05, 4.69) is 48.5 Å². The molecule has 0 nitrogen and oxygen atoms in total. The average Bonchev–Trinajstić information content (AvgIpc) is 2.46. The first kappa shape index (κ1) is 13.9. The van der Waals surface area contributed by atoms with Gasteiger partial charge in [-0.25, -0.2) is 0 Å². The van der Waals surface area contributed by atoms with E-state index in [1.165, 1.54) is 10.6 Å². The Morgan fingerprint density at radius 3 is 1.28 bits per heavy atom. The fourth-order valence-corrected chi connectivity index (χ4v) is 6.81. The lowest BCUT2D eigenvalue weighted by Crippen LogP contribution is -2.02. The summed E-state index contributed by atoms with van der Waals surface area (Å²) in [6.07, 6.45) is 2.11. The first-order chi connectivity index (χ1) is 8.77. The van der Waals surface area contributed by atoms with Crippen molar-refractivity contribution in [3.8, 4) is 0 Å². The van der Waals surface area contributed by atoms with Crippen LogP contribution in [0.4, 0.5) is 0 Å². The van der Waals surface area contributed by atoms with Crippen LogP contribution in [0.2, 0.25) is 0 Å². The topological polar surface area (TPSA) is 0 Å². The Balaban J connectivity index is 1.93. The van der Waals surface area contributed by atoms with Crippen LogP contribution in [0.15, 0.2) is 60.7 Å². The molecule has 0 heterocycles. The summed E-state index contributed by atoms with van der Waals surface area (Å²) in [5, 5.41) is 2.60. The van der Waals surface area contributed by atoms with Gasteiger partial charge in [0.05, 0.1) is 0 Å². The highest BCUT2D eigenvalue weighted by atomic mass is 32.4. The van der Waals surface area contributed by atoms with E-state index in [9.17, 15) is 0 Å². The molecule has 0 saturated carbocycles. The summed E-state index contributed by atoms with van der Waals surface area (Å²) in [7, 11) is 0. The van der Waals surface area contributed by atoms with Crippen molar-refractivity contribution in [1.82, 2.24) is 0 Å². The molecular weight excluding hydrogens is 294 g/mol. The molecule has 18 heavy (non-hydrogen) atoms. The second-order valence-corrected chi connectivity index (χ2v) is 9.96. The highest BCUT2D eigenvalue weighted by Gasteiger charge is 2.21. The molecule has 0 aliphatic carbocycles. The average molecular weight is 308 g/mol. The van der Waals surface area contributed by atoms with E-state index in [1.807, 2.05) is 12.1 Å². The van der Waals surface area contributed by atoms with Crippen molar-refractivity contribution in [2.75, 3.05) is 12.3 Å². The van der Waals surface area contributed by atoms with Gasteiger partial charge in [-0.1, -0.05) is 36.4 Å². The van der Waals surface area contributed by atoms with Crippen LogP contribution in [-0.2, 0) is 23.6 Å². The largest absolute Gasteiger partial charge is 0.216 e. The van der Waals surface area contributed by atoms with Gasteiger partial charge in [0.1, 0.15) is 0 Å². The second kappa shape index (κ2) is 7.16. The summed E-state index contributed by atoms with van der Waals surface area (Å²) in [6, 6.07) is 20.8. The summed E-state index contributed by atoms with van der Waals surface area (Å²) in [5.41, 5.74) is 0. The molecule has 0 bridgehead atoms. The molecule has 2 aromatic rings. The summed E-state index contributed by atoms with van der Waals surface area (Å²) in [5.74, 6) is 0. The molecule has 0 aromatic heterocycles. The number of hydrogen-bond donors (Lipinski definition) is 0. The fraction of sp³-hybridized carbons (Fsp3) is 0.143. The zero-order valence-corrected chi connectivity index (χ0v) is 13.3. The van der Waals surface area contributed by atoms with Crippen molar-refractivity contribution < 1.29 is 0 Å². The van der Waals surface area contributed by atoms with E-state index in [0.29, 0.717) is 0 Å². The smallest absolute Gasteiger partial charge is 0.0619 e. The van der Waals surface area contributed by atoms with Gasteiger partial charge in [0.2, 0.25) is 13.4 Å². The normalized spacial score (nSPS) is 12.0. The van der Waals surface area contributed by atoms with E-state index in [4.69, 9.17) is 23.6 Å². The summed E-state index contributed by atoms with van der Waals surface area (Å²) in [6.45, 7) is -0.931. The van der Waals surface area contributed by atoms with Crippen LogP contribution in [0.5, 0.6) is 0 Å². The van der Waals surface area contributed by atoms with Gasteiger partial charge in [-0.05, 0) is 24.3 Å². The van der Waals surface area contributed by atoms with Crippen molar-refractivity contribution in [2.24, 2.45) is 0 Å². The van der Waals surface area contributed by atoms with E-state index < -0.39 is 13.4 Å². The van der Waals surface area contributed by atoms with Gasteiger partial charge in [0, 0.05) is 0 Å². The molecule has 0 spiro atoms. The first-order valence-electron chi connectivity index (χ1n) is 5.77. The van der Waals surface area contributed by atoms with Gasteiger partial charge in [-0.3, -0.25) is 0 Å². The summed E-state index contributed by atoms with van der Waals surface area (Å²) in [4.78, 5) is 0. The van der Waals surface area contributed by atoms with Crippen LogP contribution < -0.4 is 10.6 Å². The Morgan fingerprint density at radius 1 is 0.611 bits per heavy atom. The van der Waals surface area contributed by atoms with Crippen LogP contribution >= 0.6 is 13.4 Å². The van der Waals surface area contributed by atoms with E-state index in [-0.39, 0.29) is 0 Å². The number of hydrogen-bond acceptors (Lipinski definition) is 2. The van der Waals surface area contributed by atoms with Gasteiger partial charge in [-0.15, -0.1) is 0 Å². The van der Waals surface area contributed by atoms with Crippen LogP contribution in [0.1, 0.15) is 0 Å². The van der Waals surface area contributed by atoms with Gasteiger partial charge in [0.25, 0.3) is 0 Å². The van der Waals surface area contributed by atoms with E-state index >= 15 is 0 Å². The van der Waals surface area contributed by atoms with Gasteiger partial charge < -0.3 is 0 Å². The zero-order chi connectivity index (χ0) is 12.8. The molecule has 0 fully saturated rings. The minimum atomic E-state index is -0.466. The summed E-state index contributed by atoms with van der Waals surface area (Å²) >= 11 is 11.2. The van der Waals surface area contributed by atoms with Crippen LogP contribution in [0.25, 0.3) is 0 Å². The van der Waals surface area contributed by atoms with Crippen molar-refractivity contribution >= 4 is 47.6 Å². The number of benzene rings is 2. The monoisotopic (exact) mass is 308 g/mol. The Bertz CT molecular complexity index is 487. The SMILES string of the molecule is S=[P+](CC[P+](=S)c1ccccc1)c1ccccc1. The molecule has 2 aromatic carbocycles. The predicted molar refractivity (Wildman–Crippen MR) is 90.5 cm³/mol. The first-order valence-corrected chi connectivity index (χ1v) is 10.8. The third-order valence-corrected chi connectivity index (χ3v) is 8.32. The Kier molecular flexibility index (Phi) is 5.53. The highest BCUT2D eigenvalue weighted by Crippen LogP contribution is 2.27. The molecule has 0 saturated heterocycles. The molecule has 0 radical (unpaired) electrons.